The van der Waals surface area contributed by atoms with Crippen molar-refractivity contribution in [3.8, 4) is 11.5 Å². The third-order valence-electron chi connectivity index (χ3n) is 3.30. The van der Waals surface area contributed by atoms with Crippen molar-refractivity contribution < 1.29 is 14.3 Å². The number of thiazole rings is 1. The Morgan fingerprint density at radius 3 is 2.74 bits per heavy atom. The number of aromatic nitrogens is 1. The molecule has 1 amide bonds. The molecule has 0 radical (unpaired) electrons. The smallest absolute Gasteiger partial charge is 0.244 e. The fourth-order valence-electron chi connectivity index (χ4n) is 2.13. The molecule has 0 aliphatic rings. The minimum absolute atomic E-state index is 0.165. The van der Waals surface area contributed by atoms with Gasteiger partial charge in [0.25, 0.3) is 0 Å². The van der Waals surface area contributed by atoms with E-state index in [1.165, 1.54) is 6.08 Å². The second-order valence-corrected chi connectivity index (χ2v) is 6.22. The zero-order valence-electron chi connectivity index (χ0n) is 13.6. The van der Waals surface area contributed by atoms with Crippen molar-refractivity contribution >= 4 is 23.3 Å². The highest BCUT2D eigenvalue weighted by Gasteiger charge is 2.13. The summed E-state index contributed by atoms with van der Waals surface area (Å²) in [6.07, 6.45) is 5.02. The zero-order chi connectivity index (χ0) is 16.8. The van der Waals surface area contributed by atoms with Crippen LogP contribution in [0, 0.1) is 6.92 Å². The third kappa shape index (κ3) is 4.56. The molecule has 5 nitrogen and oxygen atoms in total. The molecule has 0 spiro atoms. The summed E-state index contributed by atoms with van der Waals surface area (Å²) in [7, 11) is 3.20. The number of ether oxygens (including phenoxy) is 2. The maximum atomic E-state index is 12.1. The first-order valence-corrected chi connectivity index (χ1v) is 7.98. The van der Waals surface area contributed by atoms with Crippen LogP contribution in [0.5, 0.6) is 11.5 Å². The Morgan fingerprint density at radius 2 is 2.13 bits per heavy atom. The average molecular weight is 332 g/mol. The van der Waals surface area contributed by atoms with E-state index in [2.05, 4.69) is 10.3 Å². The van der Waals surface area contributed by atoms with Crippen molar-refractivity contribution in [2.24, 2.45) is 0 Å². The quantitative estimate of drug-likeness (QED) is 0.824. The monoisotopic (exact) mass is 332 g/mol. The summed E-state index contributed by atoms with van der Waals surface area (Å²) in [4.78, 5) is 17.2. The fourth-order valence-corrected chi connectivity index (χ4v) is 2.82. The van der Waals surface area contributed by atoms with Gasteiger partial charge >= 0.3 is 0 Å². The predicted molar refractivity (Wildman–Crippen MR) is 92.0 cm³/mol. The van der Waals surface area contributed by atoms with Gasteiger partial charge in [0.1, 0.15) is 11.5 Å². The number of benzene rings is 1. The van der Waals surface area contributed by atoms with E-state index >= 15 is 0 Å². The molecule has 2 aromatic rings. The lowest BCUT2D eigenvalue weighted by atomic mass is 10.1. The van der Waals surface area contributed by atoms with Gasteiger partial charge in [-0.15, -0.1) is 11.3 Å². The summed E-state index contributed by atoms with van der Waals surface area (Å²) in [5, 5.41) is 3.90. The van der Waals surface area contributed by atoms with E-state index in [9.17, 15) is 4.79 Å². The van der Waals surface area contributed by atoms with Gasteiger partial charge in [0, 0.05) is 28.8 Å². The molecule has 1 unspecified atom stereocenters. The number of carbonyl (C=O) groups excluding carboxylic acids is 1. The molecule has 1 heterocycles. The largest absolute Gasteiger partial charge is 0.497 e. The Balaban J connectivity index is 2.04. The summed E-state index contributed by atoms with van der Waals surface area (Å²) in [5.74, 6) is 1.23. The minimum atomic E-state index is -0.184. The number of aryl methyl sites for hydroxylation is 1. The third-order valence-corrected chi connectivity index (χ3v) is 4.18. The lowest BCUT2D eigenvalue weighted by Crippen LogP contribution is -2.25. The van der Waals surface area contributed by atoms with Gasteiger partial charge < -0.3 is 14.8 Å². The molecule has 0 aliphatic heterocycles. The van der Waals surface area contributed by atoms with Crippen molar-refractivity contribution in [3.63, 3.8) is 0 Å². The summed E-state index contributed by atoms with van der Waals surface area (Å²) >= 11 is 1.54. The van der Waals surface area contributed by atoms with E-state index in [-0.39, 0.29) is 11.9 Å². The molecular formula is C17H20N2O3S. The molecule has 23 heavy (non-hydrogen) atoms. The highest BCUT2D eigenvalue weighted by molar-refractivity contribution is 7.12. The molecule has 0 saturated heterocycles. The number of nitrogens with zero attached hydrogens (tertiary/aromatic N) is 1. The van der Waals surface area contributed by atoms with Crippen LogP contribution >= 0.6 is 11.3 Å². The molecular weight excluding hydrogens is 312 g/mol. The van der Waals surface area contributed by atoms with Crippen LogP contribution in [0.2, 0.25) is 0 Å². The van der Waals surface area contributed by atoms with E-state index < -0.39 is 0 Å². The SMILES string of the molecule is COc1ccc(C(C)NC(=O)C=Cc2cnc(C)s2)c(OC)c1. The molecule has 122 valence electrons. The lowest BCUT2D eigenvalue weighted by molar-refractivity contribution is -0.117. The topological polar surface area (TPSA) is 60.5 Å². The Kier molecular flexibility index (Phi) is 5.76. The number of carbonyl (C=O) groups is 1. The maximum absolute atomic E-state index is 12.1. The maximum Gasteiger partial charge on any atom is 0.244 e. The van der Waals surface area contributed by atoms with Gasteiger partial charge in [0.05, 0.1) is 25.3 Å². The number of hydrogen-bond donors (Lipinski definition) is 1. The van der Waals surface area contributed by atoms with Gasteiger partial charge in [-0.1, -0.05) is 0 Å². The van der Waals surface area contributed by atoms with Crippen LogP contribution in [0.4, 0.5) is 0 Å². The number of nitrogens with one attached hydrogen (secondary N) is 1. The normalized spacial score (nSPS) is 12.2. The van der Waals surface area contributed by atoms with Crippen LogP contribution < -0.4 is 14.8 Å². The van der Waals surface area contributed by atoms with Crippen molar-refractivity contribution in [2.75, 3.05) is 14.2 Å². The van der Waals surface area contributed by atoms with E-state index in [1.807, 2.05) is 26.0 Å². The van der Waals surface area contributed by atoms with Gasteiger partial charge in [-0.3, -0.25) is 4.79 Å². The number of rotatable bonds is 6. The molecule has 2 rings (SSSR count). The summed E-state index contributed by atoms with van der Waals surface area (Å²) in [5.41, 5.74) is 0.892. The molecule has 0 bridgehead atoms. The van der Waals surface area contributed by atoms with E-state index in [4.69, 9.17) is 9.47 Å². The molecule has 1 aromatic carbocycles. The van der Waals surface area contributed by atoms with Crippen LogP contribution in [0.3, 0.4) is 0 Å². The van der Waals surface area contributed by atoms with Gasteiger partial charge in [-0.2, -0.15) is 0 Å². The Bertz CT molecular complexity index is 710. The van der Waals surface area contributed by atoms with E-state index in [0.29, 0.717) is 11.5 Å². The molecule has 6 heteroatoms. The molecule has 1 aromatic heterocycles. The van der Waals surface area contributed by atoms with Gasteiger partial charge in [0.15, 0.2) is 0 Å². The molecule has 0 fully saturated rings. The Morgan fingerprint density at radius 1 is 1.35 bits per heavy atom. The summed E-state index contributed by atoms with van der Waals surface area (Å²) in [6, 6.07) is 5.35. The molecule has 1 N–H and O–H groups in total. The number of methoxy groups -OCH3 is 2. The van der Waals surface area contributed by atoms with Gasteiger partial charge in [0.2, 0.25) is 5.91 Å². The average Bonchev–Trinajstić information content (AvgIpc) is 2.97. The fraction of sp³-hybridized carbons (Fsp3) is 0.294. The molecule has 0 aliphatic carbocycles. The van der Waals surface area contributed by atoms with Crippen LogP contribution in [-0.2, 0) is 4.79 Å². The van der Waals surface area contributed by atoms with Gasteiger partial charge in [-0.25, -0.2) is 4.98 Å². The second kappa shape index (κ2) is 7.78. The van der Waals surface area contributed by atoms with Gasteiger partial charge in [-0.05, 0) is 32.1 Å². The Hall–Kier alpha value is -2.34. The first-order chi connectivity index (χ1) is 11.0. The van der Waals surface area contributed by atoms with Crippen molar-refractivity contribution in [1.82, 2.24) is 10.3 Å². The van der Waals surface area contributed by atoms with Crippen molar-refractivity contribution in [1.29, 1.82) is 0 Å². The second-order valence-electron chi connectivity index (χ2n) is 4.95. The predicted octanol–water partition coefficient (Wildman–Crippen LogP) is 3.36. The zero-order valence-corrected chi connectivity index (χ0v) is 14.4. The first-order valence-electron chi connectivity index (χ1n) is 7.16. The highest BCUT2D eigenvalue weighted by Crippen LogP contribution is 2.29. The molecule has 0 saturated carbocycles. The van der Waals surface area contributed by atoms with Crippen LogP contribution in [0.15, 0.2) is 30.5 Å². The minimum Gasteiger partial charge on any atom is -0.497 e. The lowest BCUT2D eigenvalue weighted by Gasteiger charge is -2.17. The number of hydrogen-bond acceptors (Lipinski definition) is 5. The standard InChI is InChI=1S/C17H20N2O3S/c1-11(15-7-5-13(21-3)9-16(15)22-4)19-17(20)8-6-14-10-18-12(2)23-14/h5-11H,1-4H3,(H,19,20). The van der Waals surface area contributed by atoms with Crippen LogP contribution in [-0.4, -0.2) is 25.1 Å². The molecule has 1 atom stereocenters. The number of amides is 1. The Labute approximate surface area is 140 Å². The highest BCUT2D eigenvalue weighted by atomic mass is 32.1. The summed E-state index contributed by atoms with van der Waals surface area (Å²) in [6.45, 7) is 3.84. The van der Waals surface area contributed by atoms with Crippen molar-refractivity contribution in [3.05, 3.63) is 45.9 Å². The van der Waals surface area contributed by atoms with Crippen LogP contribution in [0.25, 0.3) is 6.08 Å². The first kappa shape index (κ1) is 17.0. The summed E-state index contributed by atoms with van der Waals surface area (Å²) < 4.78 is 10.5. The van der Waals surface area contributed by atoms with Crippen molar-refractivity contribution in [2.45, 2.75) is 19.9 Å². The van der Waals surface area contributed by atoms with E-state index in [1.54, 1.807) is 43.9 Å². The van der Waals surface area contributed by atoms with Crippen LogP contribution in [0.1, 0.15) is 28.4 Å². The van der Waals surface area contributed by atoms with E-state index in [0.717, 1.165) is 15.4 Å².